The topological polar surface area (TPSA) is 99.2 Å². The zero-order valence-corrected chi connectivity index (χ0v) is 13.5. The summed E-state index contributed by atoms with van der Waals surface area (Å²) < 4.78 is 39.9. The molecule has 23 heavy (non-hydrogen) atoms. The number of esters is 1. The van der Waals surface area contributed by atoms with Gasteiger partial charge < -0.3 is 19.1 Å². The Bertz CT molecular complexity index is 802. The number of carbonyl (C=O) groups is 2. The summed E-state index contributed by atoms with van der Waals surface area (Å²) in [5.74, 6) is -1.33. The summed E-state index contributed by atoms with van der Waals surface area (Å²) in [7, 11) is 0.219. The van der Waals surface area contributed by atoms with E-state index in [4.69, 9.17) is 9.47 Å². The van der Waals surface area contributed by atoms with Crippen molar-refractivity contribution >= 4 is 21.7 Å². The van der Waals surface area contributed by atoms with Crippen LogP contribution >= 0.6 is 0 Å². The first-order valence-electron chi connectivity index (χ1n) is 6.74. The quantitative estimate of drug-likeness (QED) is 0.720. The highest BCUT2D eigenvalue weighted by Crippen LogP contribution is 2.49. The highest BCUT2D eigenvalue weighted by atomic mass is 32.2. The van der Waals surface area contributed by atoms with E-state index in [1.165, 1.54) is 26.4 Å². The van der Waals surface area contributed by atoms with Crippen LogP contribution in [-0.2, 0) is 19.4 Å². The first-order valence-corrected chi connectivity index (χ1v) is 8.45. The lowest BCUT2D eigenvalue weighted by Gasteiger charge is -2.20. The molecule has 2 atom stereocenters. The van der Waals surface area contributed by atoms with E-state index in [0.717, 1.165) is 12.0 Å². The number of ether oxygens (including phenoxy) is 3. The second kappa shape index (κ2) is 5.12. The van der Waals surface area contributed by atoms with Gasteiger partial charge in [0.25, 0.3) is 5.91 Å². The van der Waals surface area contributed by atoms with E-state index in [1.54, 1.807) is 0 Å². The number of benzene rings is 1. The number of hydrogen-bond acceptors (Lipinski definition) is 7. The zero-order valence-electron chi connectivity index (χ0n) is 12.7. The van der Waals surface area contributed by atoms with Gasteiger partial charge in [-0.3, -0.25) is 4.79 Å². The molecule has 9 heteroatoms. The number of nitrogens with zero attached hydrogens (tertiary/aromatic N) is 1. The van der Waals surface area contributed by atoms with Crippen LogP contribution in [0.3, 0.4) is 0 Å². The van der Waals surface area contributed by atoms with Crippen molar-refractivity contribution in [2.75, 3.05) is 27.1 Å². The molecule has 2 aliphatic rings. The molecule has 1 unspecified atom stereocenters. The molecule has 3 rings (SSSR count). The predicted octanol–water partition coefficient (Wildman–Crippen LogP) is 0.128. The van der Waals surface area contributed by atoms with Gasteiger partial charge in [0.2, 0.25) is 0 Å². The van der Waals surface area contributed by atoms with Gasteiger partial charge in [-0.05, 0) is 6.07 Å². The maximum absolute atomic E-state index is 12.8. The molecule has 0 radical (unpaired) electrons. The summed E-state index contributed by atoms with van der Waals surface area (Å²) >= 11 is 0. The molecule has 1 aromatic carbocycles. The summed E-state index contributed by atoms with van der Waals surface area (Å²) in [4.78, 5) is 25.7. The molecule has 0 spiro atoms. The summed E-state index contributed by atoms with van der Waals surface area (Å²) in [5, 5.41) is -1.20. The fourth-order valence-corrected chi connectivity index (χ4v) is 5.23. The fourth-order valence-electron chi connectivity index (χ4n) is 3.13. The van der Waals surface area contributed by atoms with Crippen LogP contribution in [0.2, 0.25) is 0 Å². The molecule has 1 amide bonds. The molecule has 1 fully saturated rings. The number of rotatable bonds is 3. The highest BCUT2D eigenvalue weighted by molar-refractivity contribution is 7.92. The van der Waals surface area contributed by atoms with Gasteiger partial charge in [-0.1, -0.05) is 6.07 Å². The van der Waals surface area contributed by atoms with Crippen LogP contribution in [0.15, 0.2) is 12.1 Å². The molecule has 0 saturated carbocycles. The maximum Gasteiger partial charge on any atom is 0.329 e. The molecular formula is C14H15NO7S. The predicted molar refractivity (Wildman–Crippen MR) is 78.0 cm³/mol. The first kappa shape index (κ1) is 15.6. The van der Waals surface area contributed by atoms with Gasteiger partial charge in [0.15, 0.2) is 26.7 Å². The molecular weight excluding hydrogens is 326 g/mol. The normalized spacial score (nSPS) is 24.1. The van der Waals surface area contributed by atoms with Gasteiger partial charge >= 0.3 is 5.97 Å². The average molecular weight is 341 g/mol. The highest BCUT2D eigenvalue weighted by Gasteiger charge is 2.57. The molecule has 0 N–H and O–H groups in total. The van der Waals surface area contributed by atoms with Crippen LogP contribution in [0.5, 0.6) is 11.5 Å². The van der Waals surface area contributed by atoms with E-state index in [0.29, 0.717) is 11.3 Å². The molecule has 0 bridgehead atoms. The second-order valence-corrected chi connectivity index (χ2v) is 7.30. The molecule has 1 saturated heterocycles. The molecule has 0 aromatic heterocycles. The van der Waals surface area contributed by atoms with E-state index in [1.807, 2.05) is 0 Å². The summed E-state index contributed by atoms with van der Waals surface area (Å²) in [6.45, 7) is 0. The lowest BCUT2D eigenvalue weighted by molar-refractivity contribution is -0.144. The van der Waals surface area contributed by atoms with Crippen molar-refractivity contribution < 1.29 is 32.2 Å². The Hall–Kier alpha value is -2.29. The van der Waals surface area contributed by atoms with E-state index < -0.39 is 38.9 Å². The van der Waals surface area contributed by atoms with E-state index in [9.17, 15) is 18.0 Å². The van der Waals surface area contributed by atoms with E-state index in [2.05, 4.69) is 4.74 Å². The Morgan fingerprint density at radius 1 is 1.22 bits per heavy atom. The molecule has 2 heterocycles. The monoisotopic (exact) mass is 341 g/mol. The Labute approximate surface area is 132 Å². The largest absolute Gasteiger partial charge is 0.493 e. The molecule has 1 aromatic rings. The number of sulfone groups is 1. The Balaban J connectivity index is 2.23. The maximum atomic E-state index is 12.8. The molecule has 124 valence electrons. The lowest BCUT2D eigenvalue weighted by atomic mass is 10.1. The van der Waals surface area contributed by atoms with Crippen LogP contribution in [0, 0.1) is 0 Å². The van der Waals surface area contributed by atoms with Crippen LogP contribution in [0.1, 0.15) is 21.3 Å². The van der Waals surface area contributed by atoms with Gasteiger partial charge in [0, 0.05) is 5.56 Å². The molecule has 2 aliphatic heterocycles. The van der Waals surface area contributed by atoms with Crippen LogP contribution < -0.4 is 9.47 Å². The SMILES string of the molecule is COC(=O)[C@@H]1CS(=O)(=O)C2c3ccc(OC)c(OC)c3C(=O)N21. The minimum Gasteiger partial charge on any atom is -0.493 e. The summed E-state index contributed by atoms with van der Waals surface area (Å²) in [5.41, 5.74) is 0.396. The van der Waals surface area contributed by atoms with Gasteiger partial charge in [0.05, 0.1) is 32.6 Å². The van der Waals surface area contributed by atoms with Crippen molar-refractivity contribution in [3.63, 3.8) is 0 Å². The van der Waals surface area contributed by atoms with Crippen LogP contribution in [-0.4, -0.2) is 58.3 Å². The van der Waals surface area contributed by atoms with Crippen molar-refractivity contribution in [2.24, 2.45) is 0 Å². The van der Waals surface area contributed by atoms with Crippen molar-refractivity contribution in [1.29, 1.82) is 0 Å². The third-order valence-electron chi connectivity index (χ3n) is 4.08. The minimum absolute atomic E-state index is 0.106. The summed E-state index contributed by atoms with van der Waals surface area (Å²) in [6.07, 6.45) is 0. The third-order valence-corrected chi connectivity index (χ3v) is 6.03. The fraction of sp³-hybridized carbons (Fsp3) is 0.429. The van der Waals surface area contributed by atoms with E-state index in [-0.39, 0.29) is 11.3 Å². The number of hydrogen-bond donors (Lipinski definition) is 0. The Morgan fingerprint density at radius 3 is 2.48 bits per heavy atom. The van der Waals surface area contributed by atoms with Crippen molar-refractivity contribution in [3.8, 4) is 11.5 Å². The summed E-state index contributed by atoms with van der Waals surface area (Å²) in [6, 6.07) is 1.89. The molecule has 0 aliphatic carbocycles. The Kier molecular flexibility index (Phi) is 3.47. The van der Waals surface area contributed by atoms with Gasteiger partial charge in [-0.2, -0.15) is 0 Å². The minimum atomic E-state index is -3.71. The standard InChI is InChI=1S/C14H15NO7S/c1-20-9-5-4-7-10(11(9)21-2)12(16)15-8(14(17)22-3)6-23(18,19)13(7)15/h4-5,8,13H,6H2,1-3H3/t8-,13?/m0/s1. The second-order valence-electron chi connectivity index (χ2n) is 5.20. The van der Waals surface area contributed by atoms with Crippen molar-refractivity contribution in [2.45, 2.75) is 11.4 Å². The van der Waals surface area contributed by atoms with Gasteiger partial charge in [-0.25, -0.2) is 13.2 Å². The van der Waals surface area contributed by atoms with Gasteiger partial charge in [-0.15, -0.1) is 0 Å². The zero-order chi connectivity index (χ0) is 16.9. The van der Waals surface area contributed by atoms with Crippen LogP contribution in [0.25, 0.3) is 0 Å². The van der Waals surface area contributed by atoms with Crippen molar-refractivity contribution in [1.82, 2.24) is 4.90 Å². The van der Waals surface area contributed by atoms with E-state index >= 15 is 0 Å². The average Bonchev–Trinajstić information content (AvgIpc) is 2.99. The van der Waals surface area contributed by atoms with Crippen LogP contribution in [0.4, 0.5) is 0 Å². The van der Waals surface area contributed by atoms with Gasteiger partial charge in [0.1, 0.15) is 6.04 Å². The smallest absolute Gasteiger partial charge is 0.329 e. The number of amides is 1. The molecule has 8 nitrogen and oxygen atoms in total. The van der Waals surface area contributed by atoms with Crippen molar-refractivity contribution in [3.05, 3.63) is 23.3 Å². The lowest BCUT2D eigenvalue weighted by Crippen LogP contribution is -2.40. The Morgan fingerprint density at radius 2 is 1.91 bits per heavy atom. The number of methoxy groups -OCH3 is 3. The first-order chi connectivity index (χ1) is 10.9. The third kappa shape index (κ3) is 1.99. The number of carbonyl (C=O) groups excluding carboxylic acids is 2. The number of fused-ring (bicyclic) bond motifs is 3.